The predicted octanol–water partition coefficient (Wildman–Crippen LogP) is 3.63. The van der Waals surface area contributed by atoms with Crippen molar-refractivity contribution < 1.29 is 22.7 Å². The number of benzene rings is 3. The summed E-state index contributed by atoms with van der Waals surface area (Å²) in [5.74, 6) is -0.312. The molecule has 8 nitrogen and oxygen atoms in total. The summed E-state index contributed by atoms with van der Waals surface area (Å²) >= 11 is 0. The highest BCUT2D eigenvalue weighted by molar-refractivity contribution is 7.92. The van der Waals surface area contributed by atoms with Gasteiger partial charge in [0.2, 0.25) is 21.8 Å². The van der Waals surface area contributed by atoms with Crippen molar-refractivity contribution in [2.24, 2.45) is 0 Å². The molecule has 0 saturated carbocycles. The zero-order valence-electron chi connectivity index (χ0n) is 22.0. The fourth-order valence-electron chi connectivity index (χ4n) is 4.08. The molecule has 1 atom stereocenters. The average Bonchev–Trinajstić information content (AvgIpc) is 2.92. The molecule has 9 heteroatoms. The fourth-order valence-corrected chi connectivity index (χ4v) is 4.92. The van der Waals surface area contributed by atoms with Crippen LogP contribution in [0.1, 0.15) is 24.5 Å². The van der Waals surface area contributed by atoms with Crippen LogP contribution in [0.2, 0.25) is 0 Å². The number of hydrogen-bond donors (Lipinski definition) is 1. The van der Waals surface area contributed by atoms with E-state index < -0.39 is 28.5 Å². The highest BCUT2D eigenvalue weighted by atomic mass is 32.2. The zero-order valence-corrected chi connectivity index (χ0v) is 22.9. The smallest absolute Gasteiger partial charge is 0.244 e. The number of nitrogens with one attached hydrogen (secondary N) is 1. The monoisotopic (exact) mass is 537 g/mol. The van der Waals surface area contributed by atoms with Crippen molar-refractivity contribution in [3.63, 3.8) is 0 Å². The number of ether oxygens (including phenoxy) is 1. The quantitative estimate of drug-likeness (QED) is 0.359. The molecule has 3 rings (SSSR count). The molecule has 3 aromatic carbocycles. The lowest BCUT2D eigenvalue weighted by Crippen LogP contribution is -2.53. The first kappa shape index (κ1) is 28.7. The van der Waals surface area contributed by atoms with Crippen LogP contribution in [-0.4, -0.2) is 57.6 Å². The van der Waals surface area contributed by atoms with Gasteiger partial charge in [-0.05, 0) is 29.7 Å². The highest BCUT2D eigenvalue weighted by Gasteiger charge is 2.33. The Kier molecular flexibility index (Phi) is 10.3. The van der Waals surface area contributed by atoms with E-state index in [9.17, 15) is 18.0 Å². The van der Waals surface area contributed by atoms with E-state index in [-0.39, 0.29) is 18.9 Å². The highest BCUT2D eigenvalue weighted by Crippen LogP contribution is 2.24. The van der Waals surface area contributed by atoms with Crippen molar-refractivity contribution in [3.8, 4) is 5.75 Å². The molecule has 0 saturated heterocycles. The second-order valence-electron chi connectivity index (χ2n) is 8.97. The first-order chi connectivity index (χ1) is 18.2. The first-order valence-electron chi connectivity index (χ1n) is 12.5. The molecule has 38 heavy (non-hydrogen) atoms. The largest absolute Gasteiger partial charge is 0.497 e. The van der Waals surface area contributed by atoms with Gasteiger partial charge in [0.1, 0.15) is 18.3 Å². The number of carbonyl (C=O) groups excluding carboxylic acids is 2. The van der Waals surface area contributed by atoms with Gasteiger partial charge in [0, 0.05) is 25.6 Å². The zero-order chi connectivity index (χ0) is 27.5. The predicted molar refractivity (Wildman–Crippen MR) is 149 cm³/mol. The van der Waals surface area contributed by atoms with Crippen LogP contribution in [-0.2, 0) is 32.6 Å². The third-order valence-corrected chi connectivity index (χ3v) is 7.18. The summed E-state index contributed by atoms with van der Waals surface area (Å²) in [6.07, 6.45) is 2.08. The van der Waals surface area contributed by atoms with Gasteiger partial charge in [-0.2, -0.15) is 0 Å². The third kappa shape index (κ3) is 8.08. The van der Waals surface area contributed by atoms with Crippen LogP contribution < -0.4 is 14.4 Å². The Morgan fingerprint density at radius 1 is 0.921 bits per heavy atom. The maximum Gasteiger partial charge on any atom is 0.244 e. The first-order valence-corrected chi connectivity index (χ1v) is 14.3. The van der Waals surface area contributed by atoms with E-state index in [1.54, 1.807) is 24.3 Å². The second-order valence-corrected chi connectivity index (χ2v) is 10.9. The van der Waals surface area contributed by atoms with E-state index in [0.29, 0.717) is 18.0 Å². The topological polar surface area (TPSA) is 96.0 Å². The maximum absolute atomic E-state index is 14.0. The van der Waals surface area contributed by atoms with Crippen molar-refractivity contribution in [2.75, 3.05) is 30.8 Å². The number of amides is 2. The molecule has 3 aromatic rings. The van der Waals surface area contributed by atoms with E-state index in [4.69, 9.17) is 4.74 Å². The van der Waals surface area contributed by atoms with Gasteiger partial charge in [-0.1, -0.05) is 73.7 Å². The summed E-state index contributed by atoms with van der Waals surface area (Å²) in [7, 11) is -2.35. The second kappa shape index (κ2) is 13.6. The molecule has 1 N–H and O–H groups in total. The van der Waals surface area contributed by atoms with Gasteiger partial charge in [0.25, 0.3) is 0 Å². The van der Waals surface area contributed by atoms with Gasteiger partial charge in [-0.25, -0.2) is 8.42 Å². The molecule has 0 fully saturated rings. The molecule has 0 heterocycles. The number of rotatable bonds is 13. The van der Waals surface area contributed by atoms with Crippen LogP contribution in [0.15, 0.2) is 84.9 Å². The van der Waals surface area contributed by atoms with Gasteiger partial charge in [0.05, 0.1) is 19.1 Å². The van der Waals surface area contributed by atoms with Gasteiger partial charge in [0.15, 0.2) is 0 Å². The Morgan fingerprint density at radius 3 is 2.13 bits per heavy atom. The standard InChI is InChI=1S/C29H35N3O5S/c1-4-18-30-29(34)27(19-23-12-7-5-8-13-23)31(21-24-14-9-6-10-15-24)28(33)22-32(38(3,35)36)25-16-11-17-26(20-25)37-2/h5-17,20,27H,4,18-19,21-22H2,1-3H3,(H,30,34)/t27-/m0/s1. The van der Waals surface area contributed by atoms with Crippen molar-refractivity contribution in [1.29, 1.82) is 0 Å². The number of methoxy groups -OCH3 is 1. The van der Waals surface area contributed by atoms with Crippen molar-refractivity contribution in [3.05, 3.63) is 96.1 Å². The van der Waals surface area contributed by atoms with Crippen molar-refractivity contribution in [1.82, 2.24) is 10.2 Å². The molecule has 2 amide bonds. The van der Waals surface area contributed by atoms with Crippen LogP contribution in [0, 0.1) is 0 Å². The number of anilines is 1. The molecule has 0 aliphatic carbocycles. The summed E-state index contributed by atoms with van der Waals surface area (Å²) in [5.41, 5.74) is 2.02. The molecule has 0 radical (unpaired) electrons. The molecule has 0 aliphatic rings. The Hall–Kier alpha value is -3.85. The average molecular weight is 538 g/mol. The Bertz CT molecular complexity index is 1300. The molecular weight excluding hydrogens is 502 g/mol. The van der Waals surface area contributed by atoms with E-state index in [0.717, 1.165) is 28.1 Å². The normalized spacial score (nSPS) is 11.9. The van der Waals surface area contributed by atoms with Gasteiger partial charge in [-0.15, -0.1) is 0 Å². The van der Waals surface area contributed by atoms with Gasteiger partial charge in [-0.3, -0.25) is 13.9 Å². The molecule has 202 valence electrons. The van der Waals surface area contributed by atoms with Crippen molar-refractivity contribution >= 4 is 27.5 Å². The Balaban J connectivity index is 2.02. The van der Waals surface area contributed by atoms with Crippen LogP contribution in [0.3, 0.4) is 0 Å². The van der Waals surface area contributed by atoms with E-state index in [1.165, 1.54) is 12.0 Å². The minimum absolute atomic E-state index is 0.145. The Labute approximate surface area is 225 Å². The van der Waals surface area contributed by atoms with Crippen LogP contribution in [0.25, 0.3) is 0 Å². The number of nitrogens with zero attached hydrogens (tertiary/aromatic N) is 2. The van der Waals surface area contributed by atoms with Crippen LogP contribution in [0.4, 0.5) is 5.69 Å². The van der Waals surface area contributed by atoms with Crippen LogP contribution in [0.5, 0.6) is 5.75 Å². The molecular formula is C29H35N3O5S. The van der Waals surface area contributed by atoms with Gasteiger partial charge < -0.3 is 15.0 Å². The SMILES string of the molecule is CCCNC(=O)[C@H](Cc1ccccc1)N(Cc1ccccc1)C(=O)CN(c1cccc(OC)c1)S(C)(=O)=O. The maximum atomic E-state index is 14.0. The molecule has 0 aliphatic heterocycles. The Morgan fingerprint density at radius 2 is 1.55 bits per heavy atom. The van der Waals surface area contributed by atoms with Crippen LogP contribution >= 0.6 is 0 Å². The van der Waals surface area contributed by atoms with E-state index in [1.807, 2.05) is 67.6 Å². The minimum Gasteiger partial charge on any atom is -0.497 e. The third-order valence-electron chi connectivity index (χ3n) is 6.04. The lowest BCUT2D eigenvalue weighted by molar-refractivity contribution is -0.140. The van der Waals surface area contributed by atoms with Crippen molar-refractivity contribution in [2.45, 2.75) is 32.4 Å². The molecule has 0 spiro atoms. The summed E-state index contributed by atoms with van der Waals surface area (Å²) in [6, 6.07) is 24.5. The summed E-state index contributed by atoms with van der Waals surface area (Å²) in [6.45, 7) is 2.10. The molecule has 0 aromatic heterocycles. The van der Waals surface area contributed by atoms with Gasteiger partial charge >= 0.3 is 0 Å². The lowest BCUT2D eigenvalue weighted by Gasteiger charge is -2.33. The van der Waals surface area contributed by atoms with E-state index >= 15 is 0 Å². The summed E-state index contributed by atoms with van der Waals surface area (Å²) in [5, 5.41) is 2.92. The number of hydrogen-bond acceptors (Lipinski definition) is 5. The lowest BCUT2D eigenvalue weighted by atomic mass is 10.0. The fraction of sp³-hybridized carbons (Fsp3) is 0.310. The summed E-state index contributed by atoms with van der Waals surface area (Å²) < 4.78 is 31.9. The summed E-state index contributed by atoms with van der Waals surface area (Å²) in [4.78, 5) is 28.9. The molecule has 0 bridgehead atoms. The number of sulfonamides is 1. The minimum atomic E-state index is -3.83. The van der Waals surface area contributed by atoms with E-state index in [2.05, 4.69) is 5.32 Å². The number of carbonyl (C=O) groups is 2. The molecule has 0 unspecified atom stereocenters.